The van der Waals surface area contributed by atoms with Gasteiger partial charge in [-0.3, -0.25) is 14.5 Å². The molecular formula is C18H15Cl2NO2. The summed E-state index contributed by atoms with van der Waals surface area (Å²) >= 11 is 12.1. The fourth-order valence-corrected chi connectivity index (χ4v) is 5.58. The number of benzene rings is 1. The second-order valence-corrected chi connectivity index (χ2v) is 8.06. The number of rotatable bonds is 2. The van der Waals surface area contributed by atoms with Crippen LogP contribution in [0.4, 0.5) is 0 Å². The summed E-state index contributed by atoms with van der Waals surface area (Å²) < 4.78 is 0. The maximum atomic E-state index is 12.9. The number of amides is 2. The molecular weight excluding hydrogens is 333 g/mol. The second kappa shape index (κ2) is 4.40. The van der Waals surface area contributed by atoms with E-state index >= 15 is 0 Å². The number of imide groups is 1. The molecule has 23 heavy (non-hydrogen) atoms. The van der Waals surface area contributed by atoms with E-state index in [-0.39, 0.29) is 47.4 Å². The van der Waals surface area contributed by atoms with Crippen molar-refractivity contribution >= 4 is 35.0 Å². The van der Waals surface area contributed by atoms with E-state index in [2.05, 4.69) is 12.2 Å². The number of likely N-dealkylation sites (tertiary alicyclic amines) is 1. The van der Waals surface area contributed by atoms with Crippen molar-refractivity contribution in [2.24, 2.45) is 29.1 Å². The Morgan fingerprint density at radius 3 is 2.17 bits per heavy atom. The molecule has 1 aromatic carbocycles. The predicted molar refractivity (Wildman–Crippen MR) is 86.8 cm³/mol. The highest BCUT2D eigenvalue weighted by atomic mass is 35.5. The van der Waals surface area contributed by atoms with E-state index in [0.29, 0.717) is 10.0 Å². The fourth-order valence-electron chi connectivity index (χ4n) is 5.12. The number of hydrogen-bond donors (Lipinski definition) is 0. The molecule has 3 aliphatic carbocycles. The summed E-state index contributed by atoms with van der Waals surface area (Å²) in [5.74, 6) is 0.194. The number of halogens is 2. The van der Waals surface area contributed by atoms with Gasteiger partial charge in [-0.2, -0.15) is 0 Å². The lowest BCUT2D eigenvalue weighted by atomic mass is 9.85. The topological polar surface area (TPSA) is 37.4 Å². The van der Waals surface area contributed by atoms with E-state index in [1.807, 2.05) is 0 Å². The maximum Gasteiger partial charge on any atom is 0.234 e. The maximum absolute atomic E-state index is 12.9. The Kier molecular flexibility index (Phi) is 2.69. The van der Waals surface area contributed by atoms with Gasteiger partial charge in [0.15, 0.2) is 0 Å². The first-order chi connectivity index (χ1) is 11.0. The Morgan fingerprint density at radius 1 is 1.04 bits per heavy atom. The molecule has 3 nitrogen and oxygen atoms in total. The van der Waals surface area contributed by atoms with Crippen LogP contribution in [0.5, 0.6) is 0 Å². The monoisotopic (exact) mass is 347 g/mol. The molecule has 2 amide bonds. The molecule has 0 aromatic heterocycles. The highest BCUT2D eigenvalue weighted by Crippen LogP contribution is 2.73. The van der Waals surface area contributed by atoms with Gasteiger partial charge in [0.2, 0.25) is 11.8 Å². The van der Waals surface area contributed by atoms with Gasteiger partial charge in [0.1, 0.15) is 0 Å². The third-order valence-corrected chi connectivity index (χ3v) is 6.87. The summed E-state index contributed by atoms with van der Waals surface area (Å²) in [6.07, 6.45) is 6.68. The van der Waals surface area contributed by atoms with Crippen LogP contribution < -0.4 is 0 Å². The van der Waals surface area contributed by atoms with Crippen LogP contribution in [0.2, 0.25) is 10.0 Å². The number of fused-ring (bicyclic) bond motifs is 3. The molecule has 5 rings (SSSR count). The van der Waals surface area contributed by atoms with Crippen molar-refractivity contribution in [1.29, 1.82) is 0 Å². The van der Waals surface area contributed by atoms with Crippen molar-refractivity contribution in [3.8, 4) is 0 Å². The van der Waals surface area contributed by atoms with Crippen LogP contribution in [0.3, 0.4) is 0 Å². The van der Waals surface area contributed by atoms with E-state index in [1.54, 1.807) is 18.2 Å². The average Bonchev–Trinajstić information content (AvgIpc) is 3.12. The number of nitrogens with zero attached hydrogens (tertiary/aromatic N) is 1. The fraction of sp³-hybridized carbons (Fsp3) is 0.444. The van der Waals surface area contributed by atoms with Crippen LogP contribution >= 0.6 is 23.2 Å². The first-order valence-corrected chi connectivity index (χ1v) is 8.76. The minimum Gasteiger partial charge on any atom is -0.278 e. The largest absolute Gasteiger partial charge is 0.278 e. The first-order valence-electron chi connectivity index (χ1n) is 8.00. The predicted octanol–water partition coefficient (Wildman–Crippen LogP) is 3.69. The van der Waals surface area contributed by atoms with Gasteiger partial charge < -0.3 is 0 Å². The summed E-state index contributed by atoms with van der Waals surface area (Å²) in [5.41, 5.74) is 1.00. The zero-order valence-corrected chi connectivity index (χ0v) is 13.8. The summed E-state index contributed by atoms with van der Waals surface area (Å²) in [5, 5.41) is 1.04. The van der Waals surface area contributed by atoms with Crippen molar-refractivity contribution in [3.05, 3.63) is 46.0 Å². The third kappa shape index (κ3) is 1.67. The molecule has 4 aliphatic rings. The quantitative estimate of drug-likeness (QED) is 0.604. The zero-order chi connectivity index (χ0) is 15.9. The molecule has 5 heteroatoms. The molecule has 0 radical (unpaired) electrons. The minimum absolute atomic E-state index is 0.0193. The molecule has 2 bridgehead atoms. The molecule has 1 saturated heterocycles. The van der Waals surface area contributed by atoms with Crippen LogP contribution in [0.1, 0.15) is 18.4 Å². The number of carbonyl (C=O) groups is 2. The van der Waals surface area contributed by atoms with Gasteiger partial charge in [0, 0.05) is 10.0 Å². The van der Waals surface area contributed by atoms with Crippen molar-refractivity contribution in [2.45, 2.75) is 19.4 Å². The second-order valence-electron chi connectivity index (χ2n) is 7.22. The van der Waals surface area contributed by atoms with Gasteiger partial charge in [0.05, 0.1) is 18.4 Å². The smallest absolute Gasteiger partial charge is 0.234 e. The molecule has 2 saturated carbocycles. The van der Waals surface area contributed by atoms with E-state index in [0.717, 1.165) is 18.4 Å². The Balaban J connectivity index is 1.46. The lowest BCUT2D eigenvalue weighted by Gasteiger charge is -2.22. The van der Waals surface area contributed by atoms with Gasteiger partial charge in [-0.25, -0.2) is 0 Å². The average molecular weight is 348 g/mol. The first kappa shape index (κ1) is 14.1. The molecule has 1 heterocycles. The zero-order valence-electron chi connectivity index (χ0n) is 12.3. The van der Waals surface area contributed by atoms with Gasteiger partial charge >= 0.3 is 0 Å². The molecule has 0 N–H and O–H groups in total. The molecule has 0 unspecified atom stereocenters. The molecule has 3 fully saturated rings. The number of carbonyl (C=O) groups excluding carboxylic acids is 2. The normalized spacial score (nSPS) is 35.5. The number of hydrogen-bond acceptors (Lipinski definition) is 2. The highest BCUT2D eigenvalue weighted by Gasteiger charge is 2.73. The molecule has 1 aliphatic heterocycles. The van der Waals surface area contributed by atoms with Crippen LogP contribution in [-0.4, -0.2) is 16.7 Å². The van der Waals surface area contributed by atoms with E-state index in [4.69, 9.17) is 23.2 Å². The van der Waals surface area contributed by atoms with Crippen molar-refractivity contribution in [1.82, 2.24) is 4.90 Å². The van der Waals surface area contributed by atoms with Crippen molar-refractivity contribution < 1.29 is 9.59 Å². The van der Waals surface area contributed by atoms with E-state index in [1.165, 1.54) is 4.90 Å². The van der Waals surface area contributed by atoms with Gasteiger partial charge in [-0.1, -0.05) is 41.4 Å². The van der Waals surface area contributed by atoms with Gasteiger partial charge in [0.25, 0.3) is 0 Å². The van der Waals surface area contributed by atoms with Gasteiger partial charge in [-0.15, -0.1) is 0 Å². The molecule has 118 valence electrons. The Labute approximate surface area is 144 Å². The van der Waals surface area contributed by atoms with Crippen LogP contribution in [-0.2, 0) is 16.1 Å². The molecule has 1 aromatic rings. The van der Waals surface area contributed by atoms with E-state index in [9.17, 15) is 9.59 Å². The summed E-state index contributed by atoms with van der Waals surface area (Å²) in [7, 11) is 0. The van der Waals surface area contributed by atoms with Crippen molar-refractivity contribution in [2.75, 3.05) is 0 Å². The van der Waals surface area contributed by atoms with Crippen LogP contribution in [0, 0.1) is 29.1 Å². The lowest BCUT2D eigenvalue weighted by Crippen LogP contribution is -2.34. The van der Waals surface area contributed by atoms with Gasteiger partial charge in [-0.05, 0) is 47.8 Å². The van der Waals surface area contributed by atoms with Crippen LogP contribution in [0.15, 0.2) is 30.4 Å². The molecule has 1 spiro atoms. The highest BCUT2D eigenvalue weighted by molar-refractivity contribution is 6.35. The Morgan fingerprint density at radius 2 is 1.65 bits per heavy atom. The Hall–Kier alpha value is -1.32. The lowest BCUT2D eigenvalue weighted by molar-refractivity contribution is -0.141. The summed E-state index contributed by atoms with van der Waals surface area (Å²) in [4.78, 5) is 27.2. The van der Waals surface area contributed by atoms with Crippen LogP contribution in [0.25, 0.3) is 0 Å². The minimum atomic E-state index is -0.147. The standard InChI is InChI=1S/C18H15Cl2NO2/c19-10-2-1-9(13(20)7-10)8-21-16(22)14-11-3-4-12(15(14)17(21)23)18(11)5-6-18/h1-4,7,11-12,14-15H,5-6,8H2/t11-,12-,14-,15-/m0/s1. The van der Waals surface area contributed by atoms with E-state index < -0.39 is 0 Å². The summed E-state index contributed by atoms with van der Waals surface area (Å²) in [6, 6.07) is 5.17. The summed E-state index contributed by atoms with van der Waals surface area (Å²) in [6.45, 7) is 0.243. The molecule has 4 atom stereocenters. The SMILES string of the molecule is O=C1[C@@H]2[C@@H](C(=O)N1Cc1ccc(Cl)cc1Cl)[C@@H]1C=C[C@@H]2C12CC2. The van der Waals surface area contributed by atoms with Crippen molar-refractivity contribution in [3.63, 3.8) is 0 Å². The Bertz CT molecular complexity index is 749. The third-order valence-electron chi connectivity index (χ3n) is 6.29. The number of allylic oxidation sites excluding steroid dienone is 2.